The Hall–Kier alpha value is -1.00. The topological polar surface area (TPSA) is 104 Å². The normalized spacial score (nSPS) is 14.2. The predicted octanol–water partition coefficient (Wildman–Crippen LogP) is -0.519. The first-order chi connectivity index (χ1) is 9.23. The second kappa shape index (κ2) is 6.64. The van der Waals surface area contributed by atoms with Crippen molar-refractivity contribution >= 4 is 20.0 Å². The Balaban J connectivity index is 2.93. The zero-order valence-electron chi connectivity index (χ0n) is 11.5. The molecule has 0 saturated carbocycles. The van der Waals surface area contributed by atoms with E-state index in [1.54, 1.807) is 7.05 Å². The molecule has 0 bridgehead atoms. The Bertz CT molecular complexity index is 639. The zero-order valence-corrected chi connectivity index (χ0v) is 13.2. The van der Waals surface area contributed by atoms with Crippen LogP contribution in [-0.4, -0.2) is 43.5 Å². The number of rotatable bonds is 7. The minimum atomic E-state index is -3.64. The van der Waals surface area contributed by atoms with Crippen molar-refractivity contribution in [3.63, 3.8) is 0 Å². The Morgan fingerprint density at radius 2 is 1.40 bits per heavy atom. The molecule has 0 heterocycles. The molecule has 0 spiro atoms. The lowest BCUT2D eigenvalue weighted by Crippen LogP contribution is -2.37. The maximum Gasteiger partial charge on any atom is 0.240 e. The summed E-state index contributed by atoms with van der Waals surface area (Å²) in [4.78, 5) is 0.0402. The molecule has 20 heavy (non-hydrogen) atoms. The molecule has 1 aromatic carbocycles. The third-order valence-electron chi connectivity index (χ3n) is 2.79. The molecule has 9 heteroatoms. The predicted molar refractivity (Wildman–Crippen MR) is 76.4 cm³/mol. The van der Waals surface area contributed by atoms with Gasteiger partial charge in [0.05, 0.1) is 9.79 Å². The van der Waals surface area contributed by atoms with Crippen LogP contribution in [0.1, 0.15) is 6.92 Å². The fourth-order valence-corrected chi connectivity index (χ4v) is 3.20. The number of sulfonamides is 2. The molecule has 1 atom stereocenters. The van der Waals surface area contributed by atoms with Gasteiger partial charge in [0, 0.05) is 12.6 Å². The lowest BCUT2D eigenvalue weighted by atomic mass is 10.4. The molecule has 0 amide bonds. The van der Waals surface area contributed by atoms with Crippen molar-refractivity contribution in [1.29, 1.82) is 0 Å². The van der Waals surface area contributed by atoms with Gasteiger partial charge in [0.15, 0.2) is 0 Å². The van der Waals surface area contributed by atoms with Crippen molar-refractivity contribution in [1.82, 2.24) is 14.8 Å². The Kier molecular flexibility index (Phi) is 5.66. The third kappa shape index (κ3) is 4.25. The van der Waals surface area contributed by atoms with Crippen molar-refractivity contribution in [3.05, 3.63) is 24.3 Å². The maximum atomic E-state index is 12.0. The number of hydrogen-bond donors (Lipinski definition) is 3. The minimum Gasteiger partial charge on any atom is -0.316 e. The Morgan fingerprint density at radius 3 is 1.80 bits per heavy atom. The van der Waals surface area contributed by atoms with E-state index in [1.807, 2.05) is 6.92 Å². The molecule has 114 valence electrons. The van der Waals surface area contributed by atoms with Gasteiger partial charge >= 0.3 is 0 Å². The first kappa shape index (κ1) is 17.1. The smallest absolute Gasteiger partial charge is 0.240 e. The molecule has 0 aliphatic rings. The number of benzene rings is 1. The molecule has 0 aliphatic carbocycles. The average Bonchev–Trinajstić information content (AvgIpc) is 2.45. The van der Waals surface area contributed by atoms with Gasteiger partial charge in [-0.1, -0.05) is 0 Å². The van der Waals surface area contributed by atoms with Gasteiger partial charge in [-0.05, 0) is 45.3 Å². The quantitative estimate of drug-likeness (QED) is 0.627. The lowest BCUT2D eigenvalue weighted by molar-refractivity contribution is 0.554. The molecule has 7 nitrogen and oxygen atoms in total. The van der Waals surface area contributed by atoms with Crippen molar-refractivity contribution in [3.8, 4) is 0 Å². The van der Waals surface area contributed by atoms with Crippen LogP contribution in [0.3, 0.4) is 0 Å². The second-order valence-electron chi connectivity index (χ2n) is 4.22. The first-order valence-corrected chi connectivity index (χ1v) is 8.90. The van der Waals surface area contributed by atoms with Gasteiger partial charge in [-0.3, -0.25) is 0 Å². The van der Waals surface area contributed by atoms with Gasteiger partial charge in [-0.15, -0.1) is 0 Å². The highest BCUT2D eigenvalue weighted by molar-refractivity contribution is 7.90. The Morgan fingerprint density at radius 1 is 0.950 bits per heavy atom. The van der Waals surface area contributed by atoms with Crippen molar-refractivity contribution in [2.75, 3.05) is 20.6 Å². The van der Waals surface area contributed by atoms with E-state index in [0.29, 0.717) is 0 Å². The molecular weight excluding hydrogens is 302 g/mol. The van der Waals surface area contributed by atoms with Gasteiger partial charge in [0.2, 0.25) is 20.0 Å². The van der Waals surface area contributed by atoms with Gasteiger partial charge in [0.1, 0.15) is 0 Å². The fraction of sp³-hybridized carbons (Fsp3) is 0.455. The third-order valence-corrected chi connectivity index (χ3v) is 5.66. The van der Waals surface area contributed by atoms with Crippen LogP contribution in [0.15, 0.2) is 34.1 Å². The summed E-state index contributed by atoms with van der Waals surface area (Å²) in [6.07, 6.45) is 0. The zero-order chi connectivity index (χ0) is 15.4. The first-order valence-electron chi connectivity index (χ1n) is 5.93. The van der Waals surface area contributed by atoms with Crippen LogP contribution in [0, 0.1) is 0 Å². The van der Waals surface area contributed by atoms with E-state index in [1.165, 1.54) is 31.3 Å². The van der Waals surface area contributed by atoms with E-state index in [-0.39, 0.29) is 22.4 Å². The van der Waals surface area contributed by atoms with Gasteiger partial charge in [-0.2, -0.15) is 0 Å². The summed E-state index contributed by atoms with van der Waals surface area (Å²) >= 11 is 0. The fourth-order valence-electron chi connectivity index (χ4n) is 1.34. The molecule has 0 aliphatic heterocycles. The standard InChI is InChI=1S/C11H19N3O4S2/c1-9(12-2)8-14-20(17,18)11-6-4-10(5-7-11)19(15,16)13-3/h4-7,9,12-14H,8H2,1-3H3. The van der Waals surface area contributed by atoms with Gasteiger partial charge in [0.25, 0.3) is 0 Å². The molecule has 1 unspecified atom stereocenters. The summed E-state index contributed by atoms with van der Waals surface area (Å²) in [5.41, 5.74) is 0. The summed E-state index contributed by atoms with van der Waals surface area (Å²) in [6, 6.07) is 5.02. The lowest BCUT2D eigenvalue weighted by Gasteiger charge is -2.12. The molecule has 1 aromatic rings. The van der Waals surface area contributed by atoms with E-state index < -0.39 is 20.0 Å². The minimum absolute atomic E-state index is 0.00582. The highest BCUT2D eigenvalue weighted by atomic mass is 32.2. The molecule has 0 radical (unpaired) electrons. The average molecular weight is 321 g/mol. The maximum absolute atomic E-state index is 12.0. The van der Waals surface area contributed by atoms with Crippen LogP contribution in [0.25, 0.3) is 0 Å². The van der Waals surface area contributed by atoms with Crippen LogP contribution in [-0.2, 0) is 20.0 Å². The van der Waals surface area contributed by atoms with Crippen molar-refractivity contribution < 1.29 is 16.8 Å². The molecule has 0 aromatic heterocycles. The number of hydrogen-bond acceptors (Lipinski definition) is 5. The molecule has 0 fully saturated rings. The van der Waals surface area contributed by atoms with Crippen LogP contribution in [0.5, 0.6) is 0 Å². The summed E-state index contributed by atoms with van der Waals surface area (Å²) in [7, 11) is -4.18. The van der Waals surface area contributed by atoms with Crippen LogP contribution < -0.4 is 14.8 Å². The van der Waals surface area contributed by atoms with Crippen molar-refractivity contribution in [2.24, 2.45) is 0 Å². The second-order valence-corrected chi connectivity index (χ2v) is 7.87. The summed E-state index contributed by atoms with van der Waals surface area (Å²) in [5.74, 6) is 0. The van der Waals surface area contributed by atoms with E-state index >= 15 is 0 Å². The van der Waals surface area contributed by atoms with E-state index in [0.717, 1.165) is 0 Å². The highest BCUT2D eigenvalue weighted by Gasteiger charge is 2.17. The van der Waals surface area contributed by atoms with Gasteiger partial charge in [-0.25, -0.2) is 26.3 Å². The molecule has 0 saturated heterocycles. The molecular formula is C11H19N3O4S2. The van der Waals surface area contributed by atoms with E-state index in [2.05, 4.69) is 14.8 Å². The van der Waals surface area contributed by atoms with E-state index in [4.69, 9.17) is 0 Å². The number of nitrogens with one attached hydrogen (secondary N) is 3. The molecule has 3 N–H and O–H groups in total. The molecule has 1 rings (SSSR count). The summed E-state index contributed by atoms with van der Waals surface area (Å²) in [6.45, 7) is 2.08. The largest absolute Gasteiger partial charge is 0.316 e. The Labute approximate surface area is 119 Å². The monoisotopic (exact) mass is 321 g/mol. The van der Waals surface area contributed by atoms with E-state index in [9.17, 15) is 16.8 Å². The summed E-state index contributed by atoms with van der Waals surface area (Å²) in [5, 5.41) is 2.91. The van der Waals surface area contributed by atoms with Crippen molar-refractivity contribution in [2.45, 2.75) is 22.8 Å². The van der Waals surface area contributed by atoms with Gasteiger partial charge < -0.3 is 5.32 Å². The number of likely N-dealkylation sites (N-methyl/N-ethyl adjacent to an activating group) is 1. The van der Waals surface area contributed by atoms with Crippen LogP contribution in [0.4, 0.5) is 0 Å². The highest BCUT2D eigenvalue weighted by Crippen LogP contribution is 2.13. The summed E-state index contributed by atoms with van der Waals surface area (Å²) < 4.78 is 51.6. The SMILES string of the molecule is CNC(C)CNS(=O)(=O)c1ccc(S(=O)(=O)NC)cc1. The van der Waals surface area contributed by atoms with Crippen LogP contribution in [0.2, 0.25) is 0 Å². The van der Waals surface area contributed by atoms with Crippen LogP contribution >= 0.6 is 0 Å².